The van der Waals surface area contributed by atoms with Crippen LogP contribution in [0.5, 0.6) is 0 Å². The van der Waals surface area contributed by atoms with E-state index in [1.165, 1.54) is 18.7 Å². The van der Waals surface area contributed by atoms with Crippen molar-refractivity contribution in [2.45, 2.75) is 70.4 Å². The summed E-state index contributed by atoms with van der Waals surface area (Å²) < 4.78 is 2.32. The third-order valence-electron chi connectivity index (χ3n) is 5.97. The molecule has 1 aromatic heterocycles. The molecule has 1 atom stereocenters. The molecular formula is C18H29N5O. The smallest absolute Gasteiger partial charge is 0.239 e. The molecule has 0 aromatic carbocycles. The molecule has 4 heterocycles. The van der Waals surface area contributed by atoms with Crippen LogP contribution in [0.3, 0.4) is 0 Å². The quantitative estimate of drug-likeness (QED) is 0.844. The lowest BCUT2D eigenvalue weighted by molar-refractivity contribution is -0.137. The van der Waals surface area contributed by atoms with Gasteiger partial charge in [-0.05, 0) is 51.6 Å². The molecule has 6 heteroatoms. The minimum absolute atomic E-state index is 0.138. The second-order valence-corrected chi connectivity index (χ2v) is 7.52. The van der Waals surface area contributed by atoms with Crippen molar-refractivity contribution in [3.05, 3.63) is 11.6 Å². The Balaban J connectivity index is 1.36. The van der Waals surface area contributed by atoms with E-state index in [2.05, 4.69) is 31.5 Å². The molecule has 0 unspecified atom stereocenters. The maximum absolute atomic E-state index is 12.9. The molecule has 3 aliphatic rings. The number of hydrogen-bond acceptors (Lipinski definition) is 4. The van der Waals surface area contributed by atoms with Gasteiger partial charge in [-0.25, -0.2) is 0 Å². The van der Waals surface area contributed by atoms with Crippen LogP contribution < -0.4 is 0 Å². The molecular weight excluding hydrogens is 302 g/mol. The van der Waals surface area contributed by atoms with E-state index in [0.29, 0.717) is 11.8 Å². The van der Waals surface area contributed by atoms with Gasteiger partial charge in [0.1, 0.15) is 11.6 Å². The van der Waals surface area contributed by atoms with Gasteiger partial charge in [0, 0.05) is 32.0 Å². The molecule has 132 valence electrons. The van der Waals surface area contributed by atoms with E-state index in [-0.39, 0.29) is 6.04 Å². The second kappa shape index (κ2) is 6.82. The summed E-state index contributed by atoms with van der Waals surface area (Å²) in [5, 5.41) is 8.79. The summed E-state index contributed by atoms with van der Waals surface area (Å²) in [6, 6.07) is 0.138. The predicted molar refractivity (Wildman–Crippen MR) is 91.8 cm³/mol. The van der Waals surface area contributed by atoms with E-state index in [0.717, 1.165) is 70.7 Å². The molecule has 0 aliphatic carbocycles. The summed E-state index contributed by atoms with van der Waals surface area (Å²) in [6.07, 6.45) is 7.66. The van der Waals surface area contributed by atoms with Crippen molar-refractivity contribution in [1.82, 2.24) is 24.6 Å². The fourth-order valence-electron chi connectivity index (χ4n) is 4.70. The predicted octanol–water partition coefficient (Wildman–Crippen LogP) is 1.80. The van der Waals surface area contributed by atoms with E-state index < -0.39 is 0 Å². The highest BCUT2D eigenvalue weighted by Crippen LogP contribution is 2.30. The first-order valence-electron chi connectivity index (χ1n) is 9.72. The summed E-state index contributed by atoms with van der Waals surface area (Å²) in [4.78, 5) is 17.4. The van der Waals surface area contributed by atoms with Gasteiger partial charge >= 0.3 is 0 Å². The molecule has 0 saturated carbocycles. The van der Waals surface area contributed by atoms with Crippen LogP contribution in [0.1, 0.15) is 63.0 Å². The molecule has 6 nitrogen and oxygen atoms in total. The van der Waals surface area contributed by atoms with Crippen LogP contribution in [0.25, 0.3) is 0 Å². The summed E-state index contributed by atoms with van der Waals surface area (Å²) in [5.41, 5.74) is 0. The largest absolute Gasteiger partial charge is 0.341 e. The molecule has 3 aliphatic heterocycles. The maximum atomic E-state index is 12.9. The Morgan fingerprint density at radius 2 is 1.92 bits per heavy atom. The van der Waals surface area contributed by atoms with Crippen molar-refractivity contribution >= 4 is 5.91 Å². The zero-order valence-corrected chi connectivity index (χ0v) is 14.8. The van der Waals surface area contributed by atoms with Gasteiger partial charge in [-0.1, -0.05) is 6.92 Å². The first kappa shape index (κ1) is 16.1. The standard InChI is InChI=1S/C18H29N5O/c1-2-9-21-10-3-5-15(21)18(24)22-12-7-14(8-13-22)17-20-19-16-6-4-11-23(16)17/h14-15H,2-13H2,1H3/t15-/m0/s1. The molecule has 1 amide bonds. The molecule has 0 N–H and O–H groups in total. The van der Waals surface area contributed by atoms with Crippen molar-refractivity contribution in [1.29, 1.82) is 0 Å². The van der Waals surface area contributed by atoms with Gasteiger partial charge < -0.3 is 9.47 Å². The number of carbonyl (C=O) groups is 1. The van der Waals surface area contributed by atoms with Crippen molar-refractivity contribution in [2.75, 3.05) is 26.2 Å². The average molecular weight is 331 g/mol. The number of piperidine rings is 1. The van der Waals surface area contributed by atoms with Crippen LogP contribution in [-0.2, 0) is 17.8 Å². The summed E-state index contributed by atoms with van der Waals surface area (Å²) in [6.45, 7) is 7.17. The van der Waals surface area contributed by atoms with Crippen LogP contribution in [0, 0.1) is 0 Å². The summed E-state index contributed by atoms with van der Waals surface area (Å²) in [5.74, 6) is 3.17. The Kier molecular flexibility index (Phi) is 4.57. The lowest BCUT2D eigenvalue weighted by Gasteiger charge is -2.35. The molecule has 0 spiro atoms. The van der Waals surface area contributed by atoms with E-state index in [4.69, 9.17) is 0 Å². The number of likely N-dealkylation sites (tertiary alicyclic amines) is 2. The highest BCUT2D eigenvalue weighted by molar-refractivity contribution is 5.82. The lowest BCUT2D eigenvalue weighted by Crippen LogP contribution is -2.48. The first-order chi connectivity index (χ1) is 11.8. The summed E-state index contributed by atoms with van der Waals surface area (Å²) in [7, 11) is 0. The van der Waals surface area contributed by atoms with Gasteiger partial charge in [0.25, 0.3) is 0 Å². The Bertz CT molecular complexity index is 590. The lowest BCUT2D eigenvalue weighted by atomic mass is 9.95. The molecule has 0 bridgehead atoms. The van der Waals surface area contributed by atoms with Crippen LogP contribution >= 0.6 is 0 Å². The van der Waals surface area contributed by atoms with E-state index in [9.17, 15) is 4.79 Å². The Hall–Kier alpha value is -1.43. The number of rotatable bonds is 4. The van der Waals surface area contributed by atoms with Crippen LogP contribution in [0.2, 0.25) is 0 Å². The van der Waals surface area contributed by atoms with Crippen LogP contribution in [-0.4, -0.2) is 62.7 Å². The molecule has 1 aromatic rings. The molecule has 0 radical (unpaired) electrons. The number of amides is 1. The van der Waals surface area contributed by atoms with E-state index in [1.807, 2.05) is 0 Å². The maximum Gasteiger partial charge on any atom is 0.239 e. The first-order valence-corrected chi connectivity index (χ1v) is 9.72. The average Bonchev–Trinajstić information content (AvgIpc) is 3.31. The zero-order valence-electron chi connectivity index (χ0n) is 14.8. The van der Waals surface area contributed by atoms with Crippen molar-refractivity contribution in [2.24, 2.45) is 0 Å². The molecule has 24 heavy (non-hydrogen) atoms. The van der Waals surface area contributed by atoms with E-state index in [1.54, 1.807) is 0 Å². The van der Waals surface area contributed by atoms with Crippen molar-refractivity contribution in [3.8, 4) is 0 Å². The van der Waals surface area contributed by atoms with Crippen LogP contribution in [0.4, 0.5) is 0 Å². The Labute approximate surface area is 144 Å². The Morgan fingerprint density at radius 1 is 1.08 bits per heavy atom. The van der Waals surface area contributed by atoms with Gasteiger partial charge in [-0.3, -0.25) is 9.69 Å². The van der Waals surface area contributed by atoms with Gasteiger partial charge in [0.2, 0.25) is 5.91 Å². The highest BCUT2D eigenvalue weighted by atomic mass is 16.2. The minimum Gasteiger partial charge on any atom is -0.341 e. The van der Waals surface area contributed by atoms with Gasteiger partial charge in [0.15, 0.2) is 0 Å². The number of carbonyl (C=O) groups excluding carboxylic acids is 1. The van der Waals surface area contributed by atoms with Gasteiger partial charge in [-0.2, -0.15) is 0 Å². The second-order valence-electron chi connectivity index (χ2n) is 7.52. The SMILES string of the molecule is CCCN1CCC[C@H]1C(=O)N1CCC(c2nnc3n2CCC3)CC1. The number of hydrogen-bond donors (Lipinski definition) is 0. The third kappa shape index (κ3) is 2.85. The van der Waals surface area contributed by atoms with Crippen LogP contribution in [0.15, 0.2) is 0 Å². The molecule has 2 saturated heterocycles. The number of aromatic nitrogens is 3. The van der Waals surface area contributed by atoms with Gasteiger partial charge in [-0.15, -0.1) is 10.2 Å². The van der Waals surface area contributed by atoms with Gasteiger partial charge in [0.05, 0.1) is 6.04 Å². The third-order valence-corrected chi connectivity index (χ3v) is 5.97. The van der Waals surface area contributed by atoms with Crippen molar-refractivity contribution < 1.29 is 4.79 Å². The summed E-state index contributed by atoms with van der Waals surface area (Å²) >= 11 is 0. The highest BCUT2D eigenvalue weighted by Gasteiger charge is 2.35. The number of nitrogens with zero attached hydrogens (tertiary/aromatic N) is 5. The van der Waals surface area contributed by atoms with Crippen molar-refractivity contribution in [3.63, 3.8) is 0 Å². The number of aryl methyl sites for hydroxylation is 1. The topological polar surface area (TPSA) is 54.3 Å². The molecule has 4 rings (SSSR count). The fraction of sp³-hybridized carbons (Fsp3) is 0.833. The van der Waals surface area contributed by atoms with E-state index >= 15 is 0 Å². The molecule has 2 fully saturated rings. The number of fused-ring (bicyclic) bond motifs is 1. The zero-order chi connectivity index (χ0) is 16.5. The normalized spacial score (nSPS) is 25.4. The fourth-order valence-corrected chi connectivity index (χ4v) is 4.70. The Morgan fingerprint density at radius 3 is 2.71 bits per heavy atom. The minimum atomic E-state index is 0.138. The monoisotopic (exact) mass is 331 g/mol.